The van der Waals surface area contributed by atoms with Crippen LogP contribution in [0.15, 0.2) is 53.1 Å². The Kier molecular flexibility index (Phi) is 6.69. The average Bonchev–Trinajstić information content (AvgIpc) is 3.16. The fraction of sp³-hybridized carbons (Fsp3) is 0.158. The summed E-state index contributed by atoms with van der Waals surface area (Å²) in [6, 6.07) is 12.9. The molecule has 0 aliphatic rings. The lowest BCUT2D eigenvalue weighted by Crippen LogP contribution is -2.21. The van der Waals surface area contributed by atoms with Gasteiger partial charge in [-0.3, -0.25) is 9.59 Å². The van der Waals surface area contributed by atoms with Crippen LogP contribution in [-0.4, -0.2) is 28.6 Å². The highest BCUT2D eigenvalue weighted by molar-refractivity contribution is 14.1. The van der Waals surface area contributed by atoms with E-state index in [0.717, 1.165) is 3.57 Å². The number of aryl methyl sites for hydroxylation is 1. The Bertz CT molecular complexity index is 975. The number of hydrogen-bond acceptors (Lipinski definition) is 6. The van der Waals surface area contributed by atoms with Gasteiger partial charge in [0.25, 0.3) is 5.91 Å². The Morgan fingerprint density at radius 1 is 1.14 bits per heavy atom. The van der Waals surface area contributed by atoms with Gasteiger partial charge in [0.1, 0.15) is 5.82 Å². The van der Waals surface area contributed by atoms with Crippen LogP contribution >= 0.6 is 22.6 Å². The summed E-state index contributed by atoms with van der Waals surface area (Å²) in [5, 5.41) is 6.47. The molecule has 1 amide bonds. The molecule has 0 unspecified atom stereocenters. The van der Waals surface area contributed by atoms with Crippen LogP contribution in [0.4, 0.5) is 10.1 Å². The van der Waals surface area contributed by atoms with Gasteiger partial charge in [-0.1, -0.05) is 17.3 Å². The quantitative estimate of drug-likeness (QED) is 0.398. The van der Waals surface area contributed by atoms with Crippen LogP contribution in [0.5, 0.6) is 0 Å². The standard InChI is InChI=1S/C19H15FIN3O4/c20-13-7-5-12(6-8-13)19-23-17(28-24-19)9-10-18(26)27-11-16(25)22-15-4-2-1-3-14(15)21/h1-8H,9-11H2,(H,22,25). The summed E-state index contributed by atoms with van der Waals surface area (Å²) < 4.78 is 23.9. The van der Waals surface area contributed by atoms with Crippen LogP contribution in [0.1, 0.15) is 12.3 Å². The number of para-hydroxylation sites is 1. The molecule has 1 aromatic heterocycles. The summed E-state index contributed by atoms with van der Waals surface area (Å²) in [5.41, 5.74) is 1.26. The van der Waals surface area contributed by atoms with Crippen molar-refractivity contribution in [1.29, 1.82) is 0 Å². The van der Waals surface area contributed by atoms with Gasteiger partial charge in [0.15, 0.2) is 6.61 Å². The van der Waals surface area contributed by atoms with Gasteiger partial charge in [0, 0.05) is 15.6 Å². The number of amides is 1. The Hall–Kier alpha value is -2.82. The lowest BCUT2D eigenvalue weighted by atomic mass is 10.2. The molecule has 0 saturated carbocycles. The molecule has 28 heavy (non-hydrogen) atoms. The van der Waals surface area contributed by atoms with Crippen LogP contribution in [0, 0.1) is 9.39 Å². The van der Waals surface area contributed by atoms with Gasteiger partial charge < -0.3 is 14.6 Å². The molecule has 0 saturated heterocycles. The zero-order chi connectivity index (χ0) is 19.9. The van der Waals surface area contributed by atoms with Crippen molar-refractivity contribution < 1.29 is 23.2 Å². The molecule has 1 heterocycles. The molecule has 2 aromatic carbocycles. The Morgan fingerprint density at radius 3 is 2.64 bits per heavy atom. The van der Waals surface area contributed by atoms with Gasteiger partial charge in [0.05, 0.1) is 12.1 Å². The zero-order valence-electron chi connectivity index (χ0n) is 14.5. The van der Waals surface area contributed by atoms with E-state index in [9.17, 15) is 14.0 Å². The Balaban J connectivity index is 1.44. The monoisotopic (exact) mass is 495 g/mol. The van der Waals surface area contributed by atoms with E-state index < -0.39 is 11.9 Å². The number of carbonyl (C=O) groups is 2. The van der Waals surface area contributed by atoms with Gasteiger partial charge in [-0.05, 0) is 59.0 Å². The average molecular weight is 495 g/mol. The normalized spacial score (nSPS) is 10.5. The number of nitrogens with one attached hydrogen (secondary N) is 1. The first-order valence-corrected chi connectivity index (χ1v) is 9.37. The van der Waals surface area contributed by atoms with E-state index in [1.807, 2.05) is 12.1 Å². The molecule has 0 aliphatic carbocycles. The summed E-state index contributed by atoms with van der Waals surface area (Å²) in [6.07, 6.45) is 0.159. The van der Waals surface area contributed by atoms with Crippen LogP contribution in [0.25, 0.3) is 11.4 Å². The first-order chi connectivity index (χ1) is 13.5. The second-order valence-corrected chi connectivity index (χ2v) is 6.87. The van der Waals surface area contributed by atoms with E-state index in [0.29, 0.717) is 17.1 Å². The minimum Gasteiger partial charge on any atom is -0.456 e. The Labute approximate surface area is 173 Å². The van der Waals surface area contributed by atoms with Crippen LogP contribution in [0.3, 0.4) is 0 Å². The second kappa shape index (κ2) is 9.40. The summed E-state index contributed by atoms with van der Waals surface area (Å²) in [4.78, 5) is 27.8. The minimum atomic E-state index is -0.556. The van der Waals surface area contributed by atoms with Gasteiger partial charge in [-0.25, -0.2) is 4.39 Å². The number of nitrogens with zero attached hydrogens (tertiary/aromatic N) is 2. The fourth-order valence-electron chi connectivity index (χ4n) is 2.25. The molecule has 0 bridgehead atoms. The van der Waals surface area contributed by atoms with E-state index in [2.05, 4.69) is 38.0 Å². The lowest BCUT2D eigenvalue weighted by Gasteiger charge is -2.07. The van der Waals surface area contributed by atoms with Crippen LogP contribution < -0.4 is 5.32 Å². The SMILES string of the molecule is O=C(COC(=O)CCc1nc(-c2ccc(F)cc2)no1)Nc1ccccc1I. The fourth-order valence-corrected chi connectivity index (χ4v) is 2.77. The van der Waals surface area contributed by atoms with Gasteiger partial charge in [-0.2, -0.15) is 4.98 Å². The third kappa shape index (κ3) is 5.59. The van der Waals surface area contributed by atoms with E-state index in [-0.39, 0.29) is 31.2 Å². The summed E-state index contributed by atoms with van der Waals surface area (Å²) in [7, 11) is 0. The smallest absolute Gasteiger partial charge is 0.306 e. The van der Waals surface area contributed by atoms with Crippen molar-refractivity contribution in [3.8, 4) is 11.4 Å². The van der Waals surface area contributed by atoms with Crippen LogP contribution in [0.2, 0.25) is 0 Å². The highest BCUT2D eigenvalue weighted by Gasteiger charge is 2.13. The number of carbonyl (C=O) groups excluding carboxylic acids is 2. The third-order valence-electron chi connectivity index (χ3n) is 3.63. The molecule has 0 fully saturated rings. The molecule has 0 atom stereocenters. The second-order valence-electron chi connectivity index (χ2n) is 5.71. The molecule has 3 aromatic rings. The number of rotatable bonds is 7. The van der Waals surface area contributed by atoms with Gasteiger partial charge >= 0.3 is 5.97 Å². The van der Waals surface area contributed by atoms with E-state index >= 15 is 0 Å². The molecule has 7 nitrogen and oxygen atoms in total. The largest absolute Gasteiger partial charge is 0.456 e. The number of anilines is 1. The maximum absolute atomic E-state index is 12.9. The molecule has 3 rings (SSSR count). The highest BCUT2D eigenvalue weighted by atomic mass is 127. The summed E-state index contributed by atoms with van der Waals surface area (Å²) in [5.74, 6) is -0.783. The lowest BCUT2D eigenvalue weighted by molar-refractivity contribution is -0.147. The molecule has 144 valence electrons. The van der Waals surface area contributed by atoms with Crippen molar-refractivity contribution in [1.82, 2.24) is 10.1 Å². The predicted molar refractivity (Wildman–Crippen MR) is 107 cm³/mol. The summed E-state index contributed by atoms with van der Waals surface area (Å²) >= 11 is 2.10. The van der Waals surface area contributed by atoms with Crippen molar-refractivity contribution in [2.75, 3.05) is 11.9 Å². The van der Waals surface area contributed by atoms with Gasteiger partial charge in [-0.15, -0.1) is 0 Å². The number of hydrogen-bond donors (Lipinski definition) is 1. The number of halogens is 2. The summed E-state index contributed by atoms with van der Waals surface area (Å²) in [6.45, 7) is -0.380. The molecular weight excluding hydrogens is 480 g/mol. The number of esters is 1. The highest BCUT2D eigenvalue weighted by Crippen LogP contribution is 2.17. The maximum atomic E-state index is 12.9. The zero-order valence-corrected chi connectivity index (χ0v) is 16.7. The first-order valence-electron chi connectivity index (χ1n) is 8.30. The van der Waals surface area contributed by atoms with Crippen LogP contribution in [-0.2, 0) is 20.7 Å². The van der Waals surface area contributed by atoms with Gasteiger partial charge in [0.2, 0.25) is 11.7 Å². The number of ether oxygens (including phenoxy) is 1. The molecule has 0 aliphatic heterocycles. The maximum Gasteiger partial charge on any atom is 0.306 e. The van der Waals surface area contributed by atoms with Crippen molar-refractivity contribution in [2.24, 2.45) is 0 Å². The van der Waals surface area contributed by atoms with E-state index in [1.165, 1.54) is 24.3 Å². The molecule has 9 heteroatoms. The van der Waals surface area contributed by atoms with Crippen molar-refractivity contribution >= 4 is 40.2 Å². The Morgan fingerprint density at radius 2 is 1.89 bits per heavy atom. The number of aromatic nitrogens is 2. The first kappa shape index (κ1) is 19.9. The van der Waals surface area contributed by atoms with Crippen molar-refractivity contribution in [2.45, 2.75) is 12.8 Å². The van der Waals surface area contributed by atoms with E-state index in [4.69, 9.17) is 9.26 Å². The van der Waals surface area contributed by atoms with Crippen molar-refractivity contribution in [3.63, 3.8) is 0 Å². The minimum absolute atomic E-state index is 0.0127. The molecule has 0 spiro atoms. The third-order valence-corrected chi connectivity index (χ3v) is 4.57. The van der Waals surface area contributed by atoms with E-state index in [1.54, 1.807) is 12.1 Å². The molecular formula is C19H15FIN3O4. The molecule has 1 N–H and O–H groups in total. The van der Waals surface area contributed by atoms with Crippen molar-refractivity contribution in [3.05, 3.63) is 63.8 Å². The number of benzene rings is 2. The topological polar surface area (TPSA) is 94.3 Å². The molecule has 0 radical (unpaired) electrons. The predicted octanol–water partition coefficient (Wildman–Crippen LogP) is 3.59.